The molecule has 0 aliphatic heterocycles. The van der Waals surface area contributed by atoms with E-state index in [4.69, 9.17) is 9.26 Å². The van der Waals surface area contributed by atoms with Crippen molar-refractivity contribution in [2.75, 3.05) is 10.0 Å². The lowest BCUT2D eigenvalue weighted by Crippen LogP contribution is -2.32. The van der Waals surface area contributed by atoms with E-state index in [2.05, 4.69) is 25.2 Å². The number of rotatable bonds is 8. The smallest absolute Gasteiger partial charge is 0.338 e. The molecule has 0 fully saturated rings. The minimum atomic E-state index is -3.89. The number of hydrogen-bond donors (Lipinski definition) is 3. The second-order valence-corrected chi connectivity index (χ2v) is 9.06. The number of imidazole rings is 1. The van der Waals surface area contributed by atoms with Gasteiger partial charge in [0.2, 0.25) is 0 Å². The first-order valence-corrected chi connectivity index (χ1v) is 11.7. The Bertz CT molecular complexity index is 1440. The number of amides is 1. The van der Waals surface area contributed by atoms with Gasteiger partial charge in [0.25, 0.3) is 15.9 Å². The van der Waals surface area contributed by atoms with Gasteiger partial charge in [-0.3, -0.25) is 9.52 Å². The van der Waals surface area contributed by atoms with Crippen LogP contribution in [0.1, 0.15) is 29.5 Å². The molecule has 12 heteroatoms. The number of carbonyl (C=O) groups excluding carboxylic acids is 2. The fraction of sp³-hybridized carbons (Fsp3) is 0.182. The van der Waals surface area contributed by atoms with Crippen molar-refractivity contribution >= 4 is 44.4 Å². The molecule has 2 aromatic heterocycles. The maximum absolute atomic E-state index is 12.7. The Labute approximate surface area is 194 Å². The van der Waals surface area contributed by atoms with Crippen molar-refractivity contribution in [3.8, 4) is 0 Å². The van der Waals surface area contributed by atoms with E-state index >= 15 is 0 Å². The molecule has 0 saturated heterocycles. The Morgan fingerprint density at radius 1 is 1.15 bits per heavy atom. The lowest BCUT2D eigenvalue weighted by Gasteiger charge is -2.16. The van der Waals surface area contributed by atoms with E-state index in [0.29, 0.717) is 22.5 Å². The van der Waals surface area contributed by atoms with E-state index in [9.17, 15) is 18.0 Å². The molecule has 11 nitrogen and oxygen atoms in total. The zero-order valence-electron chi connectivity index (χ0n) is 18.2. The van der Waals surface area contributed by atoms with Gasteiger partial charge in [-0.25, -0.2) is 18.2 Å². The van der Waals surface area contributed by atoms with Crippen LogP contribution >= 0.6 is 0 Å². The van der Waals surface area contributed by atoms with Gasteiger partial charge in [0.15, 0.2) is 11.9 Å². The van der Waals surface area contributed by atoms with Crippen LogP contribution in [0.2, 0.25) is 0 Å². The molecule has 2 aromatic carbocycles. The van der Waals surface area contributed by atoms with Crippen LogP contribution in [0.5, 0.6) is 0 Å². The van der Waals surface area contributed by atoms with Gasteiger partial charge in [0, 0.05) is 11.8 Å². The number of benzene rings is 2. The van der Waals surface area contributed by atoms with E-state index < -0.39 is 28.0 Å². The minimum Gasteiger partial charge on any atom is -0.449 e. The van der Waals surface area contributed by atoms with Crippen LogP contribution in [0.25, 0.3) is 11.0 Å². The number of fused-ring (bicyclic) bond motifs is 1. The third kappa shape index (κ3) is 5.07. The molecule has 1 atom stereocenters. The van der Waals surface area contributed by atoms with Crippen LogP contribution in [0.4, 0.5) is 11.5 Å². The number of sulfonamides is 1. The number of esters is 1. The highest BCUT2D eigenvalue weighted by Crippen LogP contribution is 2.19. The summed E-state index contributed by atoms with van der Waals surface area (Å²) in [5.41, 5.74) is 2.01. The summed E-state index contributed by atoms with van der Waals surface area (Å²) < 4.78 is 37.5. The van der Waals surface area contributed by atoms with E-state index in [1.165, 1.54) is 36.7 Å². The molecule has 0 bridgehead atoms. The number of aromatic amines is 1. The fourth-order valence-corrected chi connectivity index (χ4v) is 4.12. The second kappa shape index (κ2) is 9.35. The van der Waals surface area contributed by atoms with Gasteiger partial charge in [-0.2, -0.15) is 0 Å². The maximum atomic E-state index is 12.7. The Hall–Kier alpha value is -4.19. The molecule has 4 aromatic rings. The molecule has 0 spiro atoms. The summed E-state index contributed by atoms with van der Waals surface area (Å²) in [4.78, 5) is 32.2. The molecule has 1 unspecified atom stereocenters. The molecular formula is C22H21N5O6S. The largest absolute Gasteiger partial charge is 0.449 e. The van der Waals surface area contributed by atoms with Crippen LogP contribution in [-0.2, 0) is 19.6 Å². The Morgan fingerprint density at radius 2 is 1.91 bits per heavy atom. The normalized spacial score (nSPS) is 12.3. The molecule has 0 aliphatic carbocycles. The highest BCUT2D eigenvalue weighted by atomic mass is 32.2. The number of nitrogens with zero attached hydrogens (tertiary/aromatic N) is 2. The van der Waals surface area contributed by atoms with Crippen molar-refractivity contribution in [1.29, 1.82) is 0 Å². The van der Waals surface area contributed by atoms with Crippen molar-refractivity contribution in [3.05, 3.63) is 66.2 Å². The van der Waals surface area contributed by atoms with Gasteiger partial charge in [0.1, 0.15) is 5.76 Å². The third-order valence-electron chi connectivity index (χ3n) is 4.87. The number of nitrogens with one attached hydrogen (secondary N) is 3. The molecule has 0 saturated carbocycles. The molecule has 2 heterocycles. The summed E-state index contributed by atoms with van der Waals surface area (Å²) in [5.74, 6) is -0.655. The first-order valence-electron chi connectivity index (χ1n) is 10.3. The Morgan fingerprint density at radius 3 is 2.59 bits per heavy atom. The first kappa shape index (κ1) is 23.0. The van der Waals surface area contributed by atoms with Gasteiger partial charge >= 0.3 is 5.97 Å². The zero-order valence-corrected chi connectivity index (χ0v) is 19.0. The fourth-order valence-electron chi connectivity index (χ4n) is 3.13. The van der Waals surface area contributed by atoms with Crippen molar-refractivity contribution in [2.45, 2.75) is 31.3 Å². The lowest BCUT2D eigenvalue weighted by atomic mass is 10.2. The van der Waals surface area contributed by atoms with Gasteiger partial charge < -0.3 is 19.6 Å². The standard InChI is InChI=1S/C22H21N5O6S/c1-3-19(32-22(29)14-4-9-17-18(11-14)24-12-23-17)21(28)25-15-5-7-16(8-6-15)34(30,31)27-20-10-13(2)33-26-20/h4-12,19H,3H2,1-2H3,(H,23,24)(H,25,28)(H,26,27). The third-order valence-corrected chi connectivity index (χ3v) is 6.24. The van der Waals surface area contributed by atoms with Gasteiger partial charge in [0.05, 0.1) is 27.8 Å². The van der Waals surface area contributed by atoms with Crippen LogP contribution < -0.4 is 10.0 Å². The predicted molar refractivity (Wildman–Crippen MR) is 123 cm³/mol. The van der Waals surface area contributed by atoms with Crippen molar-refractivity contribution in [2.24, 2.45) is 0 Å². The number of aryl methyl sites for hydroxylation is 1. The number of H-pyrrole nitrogens is 1. The highest BCUT2D eigenvalue weighted by Gasteiger charge is 2.23. The summed E-state index contributed by atoms with van der Waals surface area (Å²) in [5, 5.41) is 6.23. The van der Waals surface area contributed by atoms with Crippen molar-refractivity contribution in [3.63, 3.8) is 0 Å². The summed E-state index contributed by atoms with van der Waals surface area (Å²) in [6, 6.07) is 11.8. The molecule has 3 N–H and O–H groups in total. The molecular weight excluding hydrogens is 462 g/mol. The molecule has 0 radical (unpaired) electrons. The summed E-state index contributed by atoms with van der Waals surface area (Å²) in [6.07, 6.45) is 0.729. The zero-order chi connectivity index (χ0) is 24.3. The lowest BCUT2D eigenvalue weighted by molar-refractivity contribution is -0.124. The second-order valence-electron chi connectivity index (χ2n) is 7.38. The first-order chi connectivity index (χ1) is 16.2. The van der Waals surface area contributed by atoms with Crippen LogP contribution in [0, 0.1) is 6.92 Å². The summed E-state index contributed by atoms with van der Waals surface area (Å²) in [6.45, 7) is 3.35. The van der Waals surface area contributed by atoms with E-state index in [1.807, 2.05) is 0 Å². The van der Waals surface area contributed by atoms with Crippen LogP contribution in [0.15, 0.2) is 64.3 Å². The Kier molecular flexibility index (Phi) is 6.32. The van der Waals surface area contributed by atoms with Crippen molar-refractivity contribution < 1.29 is 27.3 Å². The summed E-state index contributed by atoms with van der Waals surface area (Å²) >= 11 is 0. The number of ether oxygens (including phenoxy) is 1. The monoisotopic (exact) mass is 483 g/mol. The number of hydrogen-bond acceptors (Lipinski definition) is 8. The van der Waals surface area contributed by atoms with Gasteiger partial charge in [-0.1, -0.05) is 12.1 Å². The highest BCUT2D eigenvalue weighted by molar-refractivity contribution is 7.92. The number of anilines is 2. The molecule has 34 heavy (non-hydrogen) atoms. The molecule has 176 valence electrons. The van der Waals surface area contributed by atoms with Crippen molar-refractivity contribution in [1.82, 2.24) is 15.1 Å². The molecule has 1 amide bonds. The number of carbonyl (C=O) groups is 2. The molecule has 0 aliphatic rings. The van der Waals surface area contributed by atoms with Crippen LogP contribution in [-0.4, -0.2) is 41.5 Å². The van der Waals surface area contributed by atoms with E-state index in [0.717, 1.165) is 0 Å². The van der Waals surface area contributed by atoms with Gasteiger partial charge in [-0.15, -0.1) is 0 Å². The quantitative estimate of drug-likeness (QED) is 0.322. The topological polar surface area (TPSA) is 156 Å². The average molecular weight is 484 g/mol. The maximum Gasteiger partial charge on any atom is 0.338 e. The van der Waals surface area contributed by atoms with Gasteiger partial charge in [-0.05, 0) is 55.8 Å². The number of aromatic nitrogens is 3. The SMILES string of the molecule is CCC(OC(=O)c1ccc2nc[nH]c2c1)C(=O)Nc1ccc(S(=O)(=O)Nc2cc(C)on2)cc1. The predicted octanol–water partition coefficient (Wildman–Crippen LogP) is 3.23. The van der Waals surface area contributed by atoms with E-state index in [-0.39, 0.29) is 22.7 Å². The van der Waals surface area contributed by atoms with E-state index in [1.54, 1.807) is 32.0 Å². The average Bonchev–Trinajstić information content (AvgIpc) is 3.45. The Balaban J connectivity index is 1.39. The molecule has 4 rings (SSSR count). The van der Waals surface area contributed by atoms with Crippen LogP contribution in [0.3, 0.4) is 0 Å². The summed E-state index contributed by atoms with van der Waals surface area (Å²) in [7, 11) is -3.89. The minimum absolute atomic E-state index is 0.0289.